The van der Waals surface area contributed by atoms with Crippen LogP contribution in [0, 0.1) is 0 Å². The second-order valence-corrected chi connectivity index (χ2v) is 4.38. The second-order valence-electron chi connectivity index (χ2n) is 2.53. The Bertz CT molecular complexity index is 307. The van der Waals surface area contributed by atoms with Crippen LogP contribution in [0.25, 0.3) is 0 Å². The summed E-state index contributed by atoms with van der Waals surface area (Å²) in [4.78, 5) is 2.98. The molecule has 0 saturated carbocycles. The molecule has 0 radical (unpaired) electrons. The average Bonchev–Trinajstić information content (AvgIpc) is 1.96. The van der Waals surface area contributed by atoms with Crippen molar-refractivity contribution in [2.24, 2.45) is 0 Å². The molecule has 3 heteroatoms. The first kappa shape index (κ1) is 9.55. The van der Waals surface area contributed by atoms with Crippen molar-refractivity contribution < 1.29 is 0 Å². The van der Waals surface area contributed by atoms with Crippen molar-refractivity contribution in [3.63, 3.8) is 0 Å². The summed E-state index contributed by atoms with van der Waals surface area (Å²) in [6.07, 6.45) is 0. The monoisotopic (exact) mass is 197 g/mol. The molecule has 0 aliphatic rings. The number of thiol groups is 1. The van der Waals surface area contributed by atoms with Gasteiger partial charge in [0.2, 0.25) is 0 Å². The highest BCUT2D eigenvalue weighted by molar-refractivity contribution is 8.03. The van der Waals surface area contributed by atoms with Crippen molar-refractivity contribution in [3.8, 4) is 0 Å². The summed E-state index contributed by atoms with van der Waals surface area (Å²) >= 11 is 5.80. The number of nitrogen functional groups attached to an aromatic ring is 1. The molecule has 0 fully saturated rings. The third kappa shape index (κ3) is 2.50. The zero-order chi connectivity index (χ0) is 9.14. The molecule has 1 nitrogen and oxygen atoms in total. The van der Waals surface area contributed by atoms with Crippen molar-refractivity contribution >= 4 is 30.1 Å². The van der Waals surface area contributed by atoms with Gasteiger partial charge in [-0.2, -0.15) is 0 Å². The lowest BCUT2D eigenvalue weighted by molar-refractivity contribution is 1.35. The lowest BCUT2D eigenvalue weighted by Crippen LogP contribution is -1.87. The molecule has 0 saturated heterocycles. The number of rotatable bonds is 2. The number of benzene rings is 1. The minimum absolute atomic E-state index is 0.779. The predicted octanol–water partition coefficient (Wildman–Crippen LogP) is 3.18. The Morgan fingerprint density at radius 1 is 1.58 bits per heavy atom. The van der Waals surface area contributed by atoms with Crippen LogP contribution in [0.3, 0.4) is 0 Å². The Labute approximate surface area is 82.5 Å². The Kier molecular flexibility index (Phi) is 3.12. The average molecular weight is 197 g/mol. The normalized spacial score (nSPS) is 9.83. The SMILES string of the molecule is C=C(C)Sc1cc(S)ccc1N. The van der Waals surface area contributed by atoms with Crippen LogP contribution in [0.5, 0.6) is 0 Å². The molecule has 1 rings (SSSR count). The quantitative estimate of drug-likeness (QED) is 0.432. The van der Waals surface area contributed by atoms with Gasteiger partial charge in [-0.25, -0.2) is 0 Å². The summed E-state index contributed by atoms with van der Waals surface area (Å²) in [6.45, 7) is 5.76. The molecule has 0 bridgehead atoms. The Balaban J connectivity index is 2.97. The Morgan fingerprint density at radius 3 is 2.83 bits per heavy atom. The molecule has 1 aromatic carbocycles. The van der Waals surface area contributed by atoms with Gasteiger partial charge in [0.05, 0.1) is 0 Å². The standard InChI is InChI=1S/C9H11NS2/c1-6(2)12-9-5-7(11)3-4-8(9)10/h3-5,11H,1,10H2,2H3. The van der Waals surface area contributed by atoms with Crippen molar-refractivity contribution in [2.75, 3.05) is 5.73 Å². The van der Waals surface area contributed by atoms with Gasteiger partial charge >= 0.3 is 0 Å². The highest BCUT2D eigenvalue weighted by Gasteiger charge is 1.99. The van der Waals surface area contributed by atoms with Gasteiger partial charge < -0.3 is 5.73 Å². The molecule has 0 atom stereocenters. The van der Waals surface area contributed by atoms with Gasteiger partial charge in [-0.1, -0.05) is 18.3 Å². The third-order valence-corrected chi connectivity index (χ3v) is 2.48. The Morgan fingerprint density at radius 2 is 2.25 bits per heavy atom. The van der Waals surface area contributed by atoms with Gasteiger partial charge in [-0.05, 0) is 30.0 Å². The first-order valence-corrected chi connectivity index (χ1v) is 4.78. The fraction of sp³-hybridized carbons (Fsp3) is 0.111. The van der Waals surface area contributed by atoms with E-state index in [0.29, 0.717) is 0 Å². The van der Waals surface area contributed by atoms with Crippen LogP contribution in [0.1, 0.15) is 6.92 Å². The number of hydrogen-bond donors (Lipinski definition) is 2. The van der Waals surface area contributed by atoms with Crippen molar-refractivity contribution in [1.82, 2.24) is 0 Å². The van der Waals surface area contributed by atoms with Crippen LogP contribution in [0.15, 0.2) is 39.5 Å². The number of anilines is 1. The van der Waals surface area contributed by atoms with Crippen LogP contribution in [0.4, 0.5) is 5.69 Å². The first-order chi connectivity index (χ1) is 5.59. The van der Waals surface area contributed by atoms with Crippen LogP contribution < -0.4 is 5.73 Å². The maximum Gasteiger partial charge on any atom is 0.0456 e. The zero-order valence-corrected chi connectivity index (χ0v) is 8.58. The van der Waals surface area contributed by atoms with E-state index in [2.05, 4.69) is 19.2 Å². The van der Waals surface area contributed by atoms with Crippen molar-refractivity contribution in [2.45, 2.75) is 16.7 Å². The molecule has 0 aromatic heterocycles. The van der Waals surface area contributed by atoms with E-state index >= 15 is 0 Å². The van der Waals surface area contributed by atoms with Gasteiger partial charge in [-0.3, -0.25) is 0 Å². The molecule has 0 amide bonds. The fourth-order valence-corrected chi connectivity index (χ4v) is 1.84. The maximum atomic E-state index is 5.74. The largest absolute Gasteiger partial charge is 0.398 e. The number of nitrogens with two attached hydrogens (primary N) is 1. The summed E-state index contributed by atoms with van der Waals surface area (Å²) in [5.74, 6) is 0. The summed E-state index contributed by atoms with van der Waals surface area (Å²) in [7, 11) is 0. The van der Waals surface area contributed by atoms with Gasteiger partial charge in [0.1, 0.15) is 0 Å². The molecule has 0 unspecified atom stereocenters. The van der Waals surface area contributed by atoms with Crippen LogP contribution in [-0.2, 0) is 0 Å². The fourth-order valence-electron chi connectivity index (χ4n) is 0.799. The molecule has 0 heterocycles. The summed E-state index contributed by atoms with van der Waals surface area (Å²) in [5, 5.41) is 0. The van der Waals surface area contributed by atoms with Gasteiger partial charge in [-0.15, -0.1) is 12.6 Å². The van der Waals surface area contributed by atoms with E-state index in [1.54, 1.807) is 11.8 Å². The molecule has 64 valence electrons. The van der Waals surface area contributed by atoms with E-state index in [9.17, 15) is 0 Å². The van der Waals surface area contributed by atoms with E-state index < -0.39 is 0 Å². The van der Waals surface area contributed by atoms with Crippen LogP contribution >= 0.6 is 24.4 Å². The lowest BCUT2D eigenvalue weighted by Gasteiger charge is -2.04. The lowest BCUT2D eigenvalue weighted by atomic mass is 10.3. The molecule has 0 aliphatic heterocycles. The Hall–Kier alpha value is -0.540. The summed E-state index contributed by atoms with van der Waals surface area (Å²) in [5.41, 5.74) is 6.52. The molecule has 0 spiro atoms. The van der Waals surface area contributed by atoms with E-state index in [-0.39, 0.29) is 0 Å². The maximum absolute atomic E-state index is 5.74. The molecule has 1 aromatic rings. The molecule has 0 aliphatic carbocycles. The highest BCUT2D eigenvalue weighted by Crippen LogP contribution is 2.31. The summed E-state index contributed by atoms with van der Waals surface area (Å²) in [6, 6.07) is 5.67. The number of allylic oxidation sites excluding steroid dienone is 1. The van der Waals surface area contributed by atoms with Gasteiger partial charge in [0, 0.05) is 15.5 Å². The first-order valence-electron chi connectivity index (χ1n) is 3.51. The third-order valence-electron chi connectivity index (χ3n) is 1.28. The molecule has 12 heavy (non-hydrogen) atoms. The minimum atomic E-state index is 0.779. The molecular weight excluding hydrogens is 186 g/mol. The van der Waals surface area contributed by atoms with E-state index in [0.717, 1.165) is 20.4 Å². The van der Waals surface area contributed by atoms with E-state index in [1.165, 1.54) is 0 Å². The topological polar surface area (TPSA) is 26.0 Å². The van der Waals surface area contributed by atoms with Gasteiger partial charge in [0.25, 0.3) is 0 Å². The van der Waals surface area contributed by atoms with Crippen molar-refractivity contribution in [3.05, 3.63) is 29.7 Å². The molecule has 2 N–H and O–H groups in total. The van der Waals surface area contributed by atoms with E-state index in [1.807, 2.05) is 25.1 Å². The number of thioether (sulfide) groups is 1. The zero-order valence-electron chi connectivity index (χ0n) is 6.87. The summed E-state index contributed by atoms with van der Waals surface area (Å²) < 4.78 is 0. The second kappa shape index (κ2) is 3.92. The molecular formula is C9H11NS2. The smallest absolute Gasteiger partial charge is 0.0456 e. The van der Waals surface area contributed by atoms with Crippen LogP contribution in [-0.4, -0.2) is 0 Å². The minimum Gasteiger partial charge on any atom is -0.398 e. The van der Waals surface area contributed by atoms with E-state index in [4.69, 9.17) is 5.73 Å². The van der Waals surface area contributed by atoms with Crippen LogP contribution in [0.2, 0.25) is 0 Å². The van der Waals surface area contributed by atoms with Gasteiger partial charge in [0.15, 0.2) is 0 Å². The van der Waals surface area contributed by atoms with Crippen molar-refractivity contribution in [1.29, 1.82) is 0 Å². The predicted molar refractivity (Wildman–Crippen MR) is 58.8 cm³/mol. The number of hydrogen-bond acceptors (Lipinski definition) is 3. The highest BCUT2D eigenvalue weighted by atomic mass is 32.2.